The van der Waals surface area contributed by atoms with Crippen molar-refractivity contribution in [3.63, 3.8) is 0 Å². The van der Waals surface area contributed by atoms with Crippen LogP contribution in [0.2, 0.25) is 0 Å². The summed E-state index contributed by atoms with van der Waals surface area (Å²) in [5.74, 6) is 0.549. The number of halogens is 1. The number of rotatable bonds is 5. The van der Waals surface area contributed by atoms with Crippen LogP contribution in [0, 0.1) is 5.82 Å². The molecular weight excluding hydrogens is 351 g/mol. The third kappa shape index (κ3) is 5.09. The topological polar surface area (TPSA) is 32.8 Å². The van der Waals surface area contributed by atoms with E-state index in [0.29, 0.717) is 13.1 Å². The number of carbonyl (C=O) groups excluding carboxylic acids is 1. The Labute approximate surface area is 157 Å². The highest BCUT2D eigenvalue weighted by molar-refractivity contribution is 7.97. The number of ether oxygens (including phenoxy) is 1. The first kappa shape index (κ1) is 18.5. The van der Waals surface area contributed by atoms with Crippen LogP contribution in [0.1, 0.15) is 5.56 Å². The molecule has 0 spiro atoms. The number of hydrogen-bond donors (Lipinski definition) is 0. The Balaban J connectivity index is 1.49. The molecule has 0 unspecified atom stereocenters. The SMILES string of the molecule is COc1cccc(SN2CCN(C(=O)/C=C/c3ccc(F)cc3)CC2)c1. The second kappa shape index (κ2) is 8.87. The van der Waals surface area contributed by atoms with E-state index in [0.717, 1.165) is 29.3 Å². The molecule has 2 aromatic carbocycles. The fourth-order valence-electron chi connectivity index (χ4n) is 2.65. The van der Waals surface area contributed by atoms with Gasteiger partial charge in [-0.2, -0.15) is 0 Å². The van der Waals surface area contributed by atoms with E-state index in [2.05, 4.69) is 10.4 Å². The number of nitrogens with zero attached hydrogens (tertiary/aromatic N) is 2. The lowest BCUT2D eigenvalue weighted by atomic mass is 10.2. The number of benzene rings is 2. The van der Waals surface area contributed by atoms with E-state index in [-0.39, 0.29) is 11.7 Å². The molecule has 0 aromatic heterocycles. The number of carbonyl (C=O) groups is 1. The molecule has 0 aliphatic carbocycles. The van der Waals surface area contributed by atoms with Crippen molar-refractivity contribution in [3.05, 3.63) is 66.0 Å². The van der Waals surface area contributed by atoms with E-state index in [9.17, 15) is 9.18 Å². The Hall–Kier alpha value is -2.31. The Morgan fingerprint density at radius 2 is 1.85 bits per heavy atom. The van der Waals surface area contributed by atoms with E-state index < -0.39 is 0 Å². The summed E-state index contributed by atoms with van der Waals surface area (Å²) in [7, 11) is 1.66. The lowest BCUT2D eigenvalue weighted by Gasteiger charge is -2.33. The van der Waals surface area contributed by atoms with Crippen molar-refractivity contribution in [2.24, 2.45) is 0 Å². The molecule has 1 saturated heterocycles. The van der Waals surface area contributed by atoms with Crippen molar-refractivity contribution in [2.75, 3.05) is 33.3 Å². The zero-order valence-corrected chi connectivity index (χ0v) is 15.4. The summed E-state index contributed by atoms with van der Waals surface area (Å²) < 4.78 is 20.4. The second-order valence-electron chi connectivity index (χ2n) is 5.91. The number of hydrogen-bond acceptors (Lipinski definition) is 4. The number of amides is 1. The summed E-state index contributed by atoms with van der Waals surface area (Å²) in [6.07, 6.45) is 3.28. The molecule has 0 radical (unpaired) electrons. The zero-order valence-electron chi connectivity index (χ0n) is 14.6. The summed E-state index contributed by atoms with van der Waals surface area (Å²) in [4.78, 5) is 15.3. The van der Waals surface area contributed by atoms with Crippen LogP contribution >= 0.6 is 11.9 Å². The van der Waals surface area contributed by atoms with Crippen molar-refractivity contribution >= 4 is 23.9 Å². The zero-order chi connectivity index (χ0) is 18.4. The largest absolute Gasteiger partial charge is 0.497 e. The van der Waals surface area contributed by atoms with Crippen LogP contribution in [0.4, 0.5) is 4.39 Å². The Kier molecular flexibility index (Phi) is 6.30. The Bertz CT molecular complexity index is 772. The van der Waals surface area contributed by atoms with Crippen LogP contribution in [-0.2, 0) is 4.79 Å². The third-order valence-electron chi connectivity index (χ3n) is 4.11. The molecule has 1 aliphatic rings. The fourth-order valence-corrected chi connectivity index (χ4v) is 3.61. The molecule has 1 fully saturated rings. The Morgan fingerprint density at radius 1 is 1.12 bits per heavy atom. The summed E-state index contributed by atoms with van der Waals surface area (Å²) in [6.45, 7) is 2.98. The maximum atomic E-state index is 12.9. The molecule has 0 bridgehead atoms. The summed E-state index contributed by atoms with van der Waals surface area (Å²) in [5.41, 5.74) is 0.812. The molecule has 1 amide bonds. The molecule has 136 valence electrons. The van der Waals surface area contributed by atoms with Gasteiger partial charge in [0.15, 0.2) is 0 Å². The highest BCUT2D eigenvalue weighted by Crippen LogP contribution is 2.27. The predicted octanol–water partition coefficient (Wildman–Crippen LogP) is 3.70. The quantitative estimate of drug-likeness (QED) is 0.592. The van der Waals surface area contributed by atoms with Gasteiger partial charge in [-0.25, -0.2) is 8.70 Å². The summed E-state index contributed by atoms with van der Waals surface area (Å²) in [6, 6.07) is 14.0. The van der Waals surface area contributed by atoms with Gasteiger partial charge in [0.05, 0.1) is 7.11 Å². The predicted molar refractivity (Wildman–Crippen MR) is 102 cm³/mol. The van der Waals surface area contributed by atoms with Crippen molar-refractivity contribution in [1.29, 1.82) is 0 Å². The maximum absolute atomic E-state index is 12.9. The normalized spacial score (nSPS) is 15.4. The molecular formula is C20H21FN2O2S. The highest BCUT2D eigenvalue weighted by atomic mass is 32.2. The van der Waals surface area contributed by atoms with E-state index in [1.807, 2.05) is 23.1 Å². The number of piperazine rings is 1. The van der Waals surface area contributed by atoms with Crippen LogP contribution in [0.25, 0.3) is 6.08 Å². The summed E-state index contributed by atoms with van der Waals surface area (Å²) in [5, 5.41) is 0. The Morgan fingerprint density at radius 3 is 2.54 bits per heavy atom. The molecule has 4 nitrogen and oxygen atoms in total. The van der Waals surface area contributed by atoms with Crippen molar-refractivity contribution < 1.29 is 13.9 Å². The van der Waals surface area contributed by atoms with Crippen LogP contribution in [0.3, 0.4) is 0 Å². The van der Waals surface area contributed by atoms with Gasteiger partial charge in [-0.15, -0.1) is 0 Å². The van der Waals surface area contributed by atoms with Crippen molar-refractivity contribution in [3.8, 4) is 5.75 Å². The first-order valence-corrected chi connectivity index (χ1v) is 9.21. The molecule has 0 atom stereocenters. The van der Waals surface area contributed by atoms with Gasteiger partial charge in [0.25, 0.3) is 0 Å². The summed E-state index contributed by atoms with van der Waals surface area (Å²) >= 11 is 1.68. The average molecular weight is 372 g/mol. The van der Waals surface area contributed by atoms with Crippen LogP contribution in [-0.4, -0.2) is 48.4 Å². The molecule has 1 aliphatic heterocycles. The van der Waals surface area contributed by atoms with Gasteiger partial charge in [0, 0.05) is 37.2 Å². The standard InChI is InChI=1S/C20H21FN2O2S/c1-25-18-3-2-4-19(15-18)26-23-13-11-22(12-14-23)20(24)10-7-16-5-8-17(21)9-6-16/h2-10,15H,11-14H2,1H3/b10-7+. The monoisotopic (exact) mass is 372 g/mol. The average Bonchev–Trinajstić information content (AvgIpc) is 2.68. The fraction of sp³-hybridized carbons (Fsp3) is 0.250. The van der Waals surface area contributed by atoms with Gasteiger partial charge in [-0.05, 0) is 53.9 Å². The van der Waals surface area contributed by atoms with Gasteiger partial charge in [-0.1, -0.05) is 18.2 Å². The lowest BCUT2D eigenvalue weighted by molar-refractivity contribution is -0.127. The van der Waals surface area contributed by atoms with Crippen LogP contribution in [0.15, 0.2) is 59.5 Å². The van der Waals surface area contributed by atoms with Crippen LogP contribution < -0.4 is 4.74 Å². The first-order valence-electron chi connectivity index (χ1n) is 8.43. The lowest BCUT2D eigenvalue weighted by Crippen LogP contribution is -2.45. The smallest absolute Gasteiger partial charge is 0.246 e. The van der Waals surface area contributed by atoms with E-state index in [4.69, 9.17) is 4.74 Å². The van der Waals surface area contributed by atoms with Gasteiger partial charge >= 0.3 is 0 Å². The third-order valence-corrected chi connectivity index (χ3v) is 5.20. The minimum atomic E-state index is -0.280. The molecule has 26 heavy (non-hydrogen) atoms. The number of methoxy groups -OCH3 is 1. The minimum Gasteiger partial charge on any atom is -0.497 e. The molecule has 1 heterocycles. The molecule has 0 saturated carbocycles. The first-order chi connectivity index (χ1) is 12.6. The van der Waals surface area contributed by atoms with E-state index in [1.165, 1.54) is 12.1 Å². The maximum Gasteiger partial charge on any atom is 0.246 e. The molecule has 6 heteroatoms. The van der Waals surface area contributed by atoms with Gasteiger partial charge in [0.2, 0.25) is 5.91 Å². The van der Waals surface area contributed by atoms with Gasteiger partial charge in [-0.3, -0.25) is 4.79 Å². The molecule has 3 rings (SSSR count). The highest BCUT2D eigenvalue weighted by Gasteiger charge is 2.20. The van der Waals surface area contributed by atoms with Crippen LogP contribution in [0.5, 0.6) is 5.75 Å². The van der Waals surface area contributed by atoms with Crippen molar-refractivity contribution in [1.82, 2.24) is 9.21 Å². The second-order valence-corrected chi connectivity index (χ2v) is 7.08. The van der Waals surface area contributed by atoms with Gasteiger partial charge < -0.3 is 9.64 Å². The molecule has 2 aromatic rings. The van der Waals surface area contributed by atoms with E-state index in [1.54, 1.807) is 43.3 Å². The van der Waals surface area contributed by atoms with Gasteiger partial charge in [0.1, 0.15) is 11.6 Å². The minimum absolute atomic E-state index is 0.0136. The van der Waals surface area contributed by atoms with Crippen molar-refractivity contribution in [2.45, 2.75) is 4.90 Å². The molecule has 0 N–H and O–H groups in total. The van der Waals surface area contributed by atoms with E-state index >= 15 is 0 Å².